The van der Waals surface area contributed by atoms with Crippen molar-refractivity contribution in [3.05, 3.63) is 24.0 Å². The van der Waals surface area contributed by atoms with Gasteiger partial charge in [-0.15, -0.1) is 0 Å². The van der Waals surface area contributed by atoms with Gasteiger partial charge in [-0.1, -0.05) is 0 Å². The van der Waals surface area contributed by atoms with E-state index in [2.05, 4.69) is 15.6 Å². The van der Waals surface area contributed by atoms with Crippen molar-refractivity contribution in [1.82, 2.24) is 10.3 Å². The number of rotatable bonds is 5. The molecule has 20 heavy (non-hydrogen) atoms. The second-order valence-electron chi connectivity index (χ2n) is 5.54. The highest BCUT2D eigenvalue weighted by atomic mass is 16.4. The molecule has 1 heterocycles. The van der Waals surface area contributed by atoms with Gasteiger partial charge in [0.15, 0.2) is 0 Å². The first-order chi connectivity index (χ1) is 9.63. The fourth-order valence-electron chi connectivity index (χ4n) is 2.44. The van der Waals surface area contributed by atoms with Crippen molar-refractivity contribution < 1.29 is 14.7 Å². The monoisotopic (exact) mass is 275 g/mol. The van der Waals surface area contributed by atoms with Crippen molar-refractivity contribution in [2.75, 3.05) is 5.32 Å². The predicted octanol–water partition coefficient (Wildman–Crippen LogP) is 2.09. The standard InChI is InChI=1S/C14H17N3O3/c18-13(19)11-6-5-10(7-15-11)16-14(20)17-12(8-1-2-8)9-3-4-9/h5-9,12H,1-4H2,(H,18,19)(H2,16,17,20). The third-order valence-electron chi connectivity index (χ3n) is 3.80. The zero-order valence-electron chi connectivity index (χ0n) is 11.0. The molecule has 0 atom stereocenters. The second-order valence-corrected chi connectivity index (χ2v) is 5.54. The molecule has 2 aliphatic rings. The van der Waals surface area contributed by atoms with E-state index < -0.39 is 5.97 Å². The minimum Gasteiger partial charge on any atom is -0.477 e. The number of pyridine rings is 1. The fourth-order valence-corrected chi connectivity index (χ4v) is 2.44. The number of urea groups is 1. The van der Waals surface area contributed by atoms with E-state index in [4.69, 9.17) is 5.11 Å². The van der Waals surface area contributed by atoms with E-state index in [1.54, 1.807) is 6.07 Å². The smallest absolute Gasteiger partial charge is 0.354 e. The Bertz CT molecular complexity index is 509. The van der Waals surface area contributed by atoms with Gasteiger partial charge in [0.05, 0.1) is 11.9 Å². The lowest BCUT2D eigenvalue weighted by molar-refractivity contribution is 0.0690. The van der Waals surface area contributed by atoms with Crippen LogP contribution in [0.25, 0.3) is 0 Å². The third-order valence-corrected chi connectivity index (χ3v) is 3.80. The minimum atomic E-state index is -1.08. The molecule has 3 rings (SSSR count). The predicted molar refractivity (Wildman–Crippen MR) is 72.6 cm³/mol. The van der Waals surface area contributed by atoms with Crippen molar-refractivity contribution in [1.29, 1.82) is 0 Å². The number of hydrogen-bond donors (Lipinski definition) is 3. The van der Waals surface area contributed by atoms with Crippen molar-refractivity contribution in [3.63, 3.8) is 0 Å². The van der Waals surface area contributed by atoms with Gasteiger partial charge in [0.25, 0.3) is 0 Å². The first kappa shape index (κ1) is 12.9. The Balaban J connectivity index is 1.56. The molecule has 0 aromatic carbocycles. The molecule has 106 valence electrons. The summed E-state index contributed by atoms with van der Waals surface area (Å²) in [5.41, 5.74) is 0.461. The molecule has 0 unspecified atom stereocenters. The van der Waals surface area contributed by atoms with Crippen LogP contribution < -0.4 is 10.6 Å². The number of amides is 2. The zero-order valence-corrected chi connectivity index (χ0v) is 11.0. The van der Waals surface area contributed by atoms with Crippen molar-refractivity contribution >= 4 is 17.7 Å². The lowest BCUT2D eigenvalue weighted by Crippen LogP contribution is -2.40. The Morgan fingerprint density at radius 3 is 2.30 bits per heavy atom. The Hall–Kier alpha value is -2.11. The molecule has 1 aromatic rings. The summed E-state index contributed by atoms with van der Waals surface area (Å²) >= 11 is 0. The molecule has 0 radical (unpaired) electrons. The summed E-state index contributed by atoms with van der Waals surface area (Å²) in [6.45, 7) is 0. The number of carbonyl (C=O) groups is 2. The van der Waals surface area contributed by atoms with Crippen LogP contribution in [-0.2, 0) is 0 Å². The summed E-state index contributed by atoms with van der Waals surface area (Å²) in [6, 6.07) is 2.97. The van der Waals surface area contributed by atoms with Crippen LogP contribution in [0.3, 0.4) is 0 Å². The van der Waals surface area contributed by atoms with Gasteiger partial charge in [-0.25, -0.2) is 14.6 Å². The largest absolute Gasteiger partial charge is 0.477 e. The van der Waals surface area contributed by atoms with Crippen molar-refractivity contribution in [3.8, 4) is 0 Å². The van der Waals surface area contributed by atoms with E-state index in [9.17, 15) is 9.59 Å². The third kappa shape index (κ3) is 3.07. The molecule has 3 N–H and O–H groups in total. The molecule has 2 amide bonds. The van der Waals surface area contributed by atoms with E-state index in [0.717, 1.165) is 0 Å². The maximum absolute atomic E-state index is 11.9. The van der Waals surface area contributed by atoms with Gasteiger partial charge >= 0.3 is 12.0 Å². The number of hydrogen-bond acceptors (Lipinski definition) is 3. The number of aromatic carboxylic acids is 1. The highest BCUT2D eigenvalue weighted by Gasteiger charge is 2.42. The molecule has 6 nitrogen and oxygen atoms in total. The first-order valence-electron chi connectivity index (χ1n) is 6.90. The SMILES string of the molecule is O=C(Nc1ccc(C(=O)O)nc1)NC(C1CC1)C1CC1. The summed E-state index contributed by atoms with van der Waals surface area (Å²) in [7, 11) is 0. The van der Waals surface area contributed by atoms with Crippen LogP contribution in [0.2, 0.25) is 0 Å². The number of nitrogens with one attached hydrogen (secondary N) is 2. The average molecular weight is 275 g/mol. The van der Waals surface area contributed by atoms with Crippen LogP contribution in [-0.4, -0.2) is 28.1 Å². The highest BCUT2D eigenvalue weighted by Crippen LogP contribution is 2.44. The summed E-state index contributed by atoms with van der Waals surface area (Å²) in [5, 5.41) is 14.5. The van der Waals surface area contributed by atoms with E-state index >= 15 is 0 Å². The molecule has 2 aliphatic carbocycles. The molecule has 0 spiro atoms. The van der Waals surface area contributed by atoms with Gasteiger partial charge in [-0.2, -0.15) is 0 Å². The number of carbonyl (C=O) groups excluding carboxylic acids is 1. The van der Waals surface area contributed by atoms with Crippen molar-refractivity contribution in [2.24, 2.45) is 11.8 Å². The van der Waals surface area contributed by atoms with E-state index in [1.807, 2.05) is 0 Å². The van der Waals surface area contributed by atoms with Crippen LogP contribution in [0.5, 0.6) is 0 Å². The Morgan fingerprint density at radius 2 is 1.85 bits per heavy atom. The molecule has 2 fully saturated rings. The molecule has 1 aromatic heterocycles. The average Bonchev–Trinajstić information content (AvgIpc) is 3.28. The van der Waals surface area contributed by atoms with E-state index in [0.29, 0.717) is 23.6 Å². The fraction of sp³-hybridized carbons (Fsp3) is 0.500. The maximum atomic E-state index is 11.9. The van der Waals surface area contributed by atoms with E-state index in [1.165, 1.54) is 37.9 Å². The molecular formula is C14H17N3O3. The number of nitrogens with zero attached hydrogens (tertiary/aromatic N) is 1. The number of carboxylic acid groups (broad SMARTS) is 1. The van der Waals surface area contributed by atoms with E-state index in [-0.39, 0.29) is 11.7 Å². The molecule has 6 heteroatoms. The van der Waals surface area contributed by atoms with Gasteiger partial charge in [0.1, 0.15) is 5.69 Å². The number of carboxylic acids is 1. The van der Waals surface area contributed by atoms with Crippen LogP contribution in [0.1, 0.15) is 36.2 Å². The normalized spacial score (nSPS) is 17.9. The molecule has 0 bridgehead atoms. The lowest BCUT2D eigenvalue weighted by atomic mass is 10.1. The summed E-state index contributed by atoms with van der Waals surface area (Å²) < 4.78 is 0. The molecule has 2 saturated carbocycles. The lowest BCUT2D eigenvalue weighted by Gasteiger charge is -2.18. The Labute approximate surface area is 116 Å². The van der Waals surface area contributed by atoms with Crippen molar-refractivity contribution in [2.45, 2.75) is 31.7 Å². The summed E-state index contributed by atoms with van der Waals surface area (Å²) in [6.07, 6.45) is 6.17. The summed E-state index contributed by atoms with van der Waals surface area (Å²) in [5.74, 6) is 0.199. The number of anilines is 1. The van der Waals surface area contributed by atoms with Gasteiger partial charge in [0.2, 0.25) is 0 Å². The minimum absolute atomic E-state index is 0.0372. The molecular weight excluding hydrogens is 258 g/mol. The van der Waals surface area contributed by atoms with Crippen LogP contribution in [0.15, 0.2) is 18.3 Å². The number of aromatic nitrogens is 1. The highest BCUT2D eigenvalue weighted by molar-refractivity contribution is 5.90. The molecule has 0 saturated heterocycles. The van der Waals surface area contributed by atoms with Crippen LogP contribution in [0, 0.1) is 11.8 Å². The summed E-state index contributed by atoms with van der Waals surface area (Å²) in [4.78, 5) is 26.4. The zero-order chi connectivity index (χ0) is 14.1. The van der Waals surface area contributed by atoms with Gasteiger partial charge in [0, 0.05) is 6.04 Å². The Morgan fingerprint density at radius 1 is 1.20 bits per heavy atom. The topological polar surface area (TPSA) is 91.3 Å². The van der Waals surface area contributed by atoms with Gasteiger partial charge in [-0.3, -0.25) is 0 Å². The molecule has 0 aliphatic heterocycles. The van der Waals surface area contributed by atoms with Gasteiger partial charge in [-0.05, 0) is 49.7 Å². The first-order valence-corrected chi connectivity index (χ1v) is 6.90. The maximum Gasteiger partial charge on any atom is 0.354 e. The van der Waals surface area contributed by atoms with Crippen LogP contribution >= 0.6 is 0 Å². The van der Waals surface area contributed by atoms with Crippen LogP contribution in [0.4, 0.5) is 10.5 Å². The van der Waals surface area contributed by atoms with Gasteiger partial charge < -0.3 is 15.7 Å². The Kier molecular flexibility index (Phi) is 3.30. The quantitative estimate of drug-likeness (QED) is 0.767. The second kappa shape index (κ2) is 5.11.